The van der Waals surface area contributed by atoms with Crippen LogP contribution in [0.25, 0.3) is 66.1 Å². The summed E-state index contributed by atoms with van der Waals surface area (Å²) in [6.07, 6.45) is 15.9. The summed E-state index contributed by atoms with van der Waals surface area (Å²) in [5.74, 6) is 0. The Balaban J connectivity index is 0.928. The molecule has 0 bridgehead atoms. The van der Waals surface area contributed by atoms with Crippen molar-refractivity contribution < 1.29 is 0 Å². The van der Waals surface area contributed by atoms with Crippen LogP contribution in [0.15, 0.2) is 224 Å². The van der Waals surface area contributed by atoms with E-state index in [0.29, 0.717) is 0 Å². The normalized spacial score (nSPS) is 15.7. The van der Waals surface area contributed by atoms with E-state index in [-0.39, 0.29) is 0 Å². The van der Waals surface area contributed by atoms with Gasteiger partial charge >= 0.3 is 0 Å². The molecule has 0 N–H and O–H groups in total. The fourth-order valence-electron chi connectivity index (χ4n) is 12.6. The molecule has 1 nitrogen and oxygen atoms in total. The van der Waals surface area contributed by atoms with Crippen molar-refractivity contribution in [1.82, 2.24) is 0 Å². The van der Waals surface area contributed by atoms with Crippen molar-refractivity contribution >= 4 is 77.6 Å². The van der Waals surface area contributed by atoms with Gasteiger partial charge in [-0.15, -0.1) is 11.3 Å². The summed E-state index contributed by atoms with van der Waals surface area (Å²) in [5.41, 5.74) is 19.5. The molecule has 9 aromatic carbocycles. The van der Waals surface area contributed by atoms with Crippen LogP contribution < -0.4 is 14.7 Å². The van der Waals surface area contributed by atoms with E-state index in [1.54, 1.807) is 0 Å². The molecule has 0 spiro atoms. The third-order valence-corrected chi connectivity index (χ3v) is 16.9. The summed E-state index contributed by atoms with van der Waals surface area (Å²) >= 11 is 1.94. The maximum atomic E-state index is 2.57. The molecule has 328 valence electrons. The number of benzene rings is 9. The van der Waals surface area contributed by atoms with E-state index in [1.807, 2.05) is 11.3 Å². The smallest absolute Gasteiger partial charge is 0.0710 e. The predicted octanol–water partition coefficient (Wildman–Crippen LogP) is 16.2. The zero-order valence-corrected chi connectivity index (χ0v) is 39.3. The molecule has 0 amide bonds. The second kappa shape index (κ2) is 16.2. The predicted molar refractivity (Wildman–Crippen MR) is 294 cm³/mol. The first-order valence-electron chi connectivity index (χ1n) is 24.7. The van der Waals surface area contributed by atoms with Gasteiger partial charge < -0.3 is 4.90 Å². The Labute approximate surface area is 407 Å². The summed E-state index contributed by atoms with van der Waals surface area (Å²) < 4.78 is 2.79. The van der Waals surface area contributed by atoms with Gasteiger partial charge in [-0.25, -0.2) is 0 Å². The van der Waals surface area contributed by atoms with Gasteiger partial charge in [0.05, 0.1) is 5.41 Å². The third-order valence-electron chi connectivity index (χ3n) is 15.6. The molecular weight excluding hydrogens is 851 g/mol. The summed E-state index contributed by atoms with van der Waals surface area (Å²) in [7, 11) is 0. The van der Waals surface area contributed by atoms with Crippen LogP contribution in [0.3, 0.4) is 0 Å². The van der Waals surface area contributed by atoms with Crippen molar-refractivity contribution in [3.8, 4) is 11.1 Å². The second-order valence-corrected chi connectivity index (χ2v) is 20.2. The molecule has 10 aromatic rings. The lowest BCUT2D eigenvalue weighted by atomic mass is 9.66. The van der Waals surface area contributed by atoms with Crippen molar-refractivity contribution in [2.24, 2.45) is 0 Å². The van der Waals surface area contributed by atoms with Gasteiger partial charge in [0.25, 0.3) is 0 Å². The second-order valence-electron chi connectivity index (χ2n) is 19.2. The van der Waals surface area contributed by atoms with E-state index in [1.165, 1.54) is 125 Å². The van der Waals surface area contributed by atoms with Gasteiger partial charge in [-0.2, -0.15) is 0 Å². The van der Waals surface area contributed by atoms with Gasteiger partial charge in [0.2, 0.25) is 0 Å². The van der Waals surface area contributed by atoms with Crippen molar-refractivity contribution in [1.29, 1.82) is 0 Å². The third kappa shape index (κ3) is 6.28. The minimum Gasteiger partial charge on any atom is -0.314 e. The highest BCUT2D eigenvalue weighted by Crippen LogP contribution is 2.58. The number of hydrogen-bond acceptors (Lipinski definition) is 2. The maximum Gasteiger partial charge on any atom is 0.0710 e. The zero-order chi connectivity index (χ0) is 45.5. The lowest BCUT2D eigenvalue weighted by Crippen LogP contribution is -2.30. The number of fused-ring (bicyclic) bond motifs is 11. The van der Waals surface area contributed by atoms with Crippen LogP contribution in [0.5, 0.6) is 0 Å². The van der Waals surface area contributed by atoms with Gasteiger partial charge in [-0.1, -0.05) is 182 Å². The minimum atomic E-state index is -0.452. The Morgan fingerprint density at radius 1 is 0.464 bits per heavy atom. The van der Waals surface area contributed by atoms with E-state index >= 15 is 0 Å². The zero-order valence-electron chi connectivity index (χ0n) is 38.5. The Hall–Kier alpha value is -7.78. The topological polar surface area (TPSA) is 3.24 Å². The Morgan fingerprint density at radius 3 is 1.87 bits per heavy atom. The first-order valence-corrected chi connectivity index (χ1v) is 25.5. The van der Waals surface area contributed by atoms with E-state index in [0.717, 1.165) is 38.5 Å². The van der Waals surface area contributed by atoms with Crippen molar-refractivity contribution in [3.05, 3.63) is 272 Å². The molecule has 0 unspecified atom stereocenters. The number of hydrogen-bond donors (Lipinski definition) is 0. The van der Waals surface area contributed by atoms with Gasteiger partial charge in [-0.05, 0) is 180 Å². The number of anilines is 2. The fraction of sp³-hybridized carbons (Fsp3) is 0.104. The highest BCUT2D eigenvalue weighted by molar-refractivity contribution is 7.17. The summed E-state index contributed by atoms with van der Waals surface area (Å²) in [6, 6.07) is 75.6. The fourth-order valence-corrected chi connectivity index (χ4v) is 13.9. The van der Waals surface area contributed by atoms with Crippen LogP contribution in [0.1, 0.15) is 71.0 Å². The quantitative estimate of drug-likeness (QED) is 0.144. The van der Waals surface area contributed by atoms with Crippen LogP contribution in [0.2, 0.25) is 0 Å². The molecule has 1 heterocycles. The molecule has 4 aliphatic carbocycles. The molecule has 0 fully saturated rings. The van der Waals surface area contributed by atoms with Crippen molar-refractivity contribution in [2.45, 2.75) is 43.9 Å². The largest absolute Gasteiger partial charge is 0.314 e. The number of thiophene rings is 1. The van der Waals surface area contributed by atoms with Gasteiger partial charge in [-0.3, -0.25) is 0 Å². The molecule has 0 saturated carbocycles. The molecule has 0 radical (unpaired) electrons. The molecule has 4 aliphatic rings. The van der Waals surface area contributed by atoms with Gasteiger partial charge in [0.15, 0.2) is 0 Å². The summed E-state index contributed by atoms with van der Waals surface area (Å²) in [5, 5.41) is 8.20. The lowest BCUT2D eigenvalue weighted by molar-refractivity contribution is 0.750. The number of allylic oxidation sites excluding steroid dienone is 5. The number of aryl methyl sites for hydroxylation is 1. The van der Waals surface area contributed by atoms with E-state index in [4.69, 9.17) is 0 Å². The molecule has 0 saturated heterocycles. The molecule has 69 heavy (non-hydrogen) atoms. The van der Waals surface area contributed by atoms with Crippen LogP contribution in [-0.4, -0.2) is 0 Å². The first-order chi connectivity index (χ1) is 34.2. The maximum absolute atomic E-state index is 2.57. The average Bonchev–Trinajstić information content (AvgIpc) is 3.96. The first kappa shape index (κ1) is 40.3. The highest BCUT2D eigenvalue weighted by Gasteiger charge is 2.48. The SMILES string of the molecule is C1=Cc2c(c3cc(-c4ccc(N(C5=CC6=C(CC5)c5ccccc5C6(c5ccccc5)c5ccccc5)c5ccc(C6=c7sc8ccccc8c7=CCC6)cc5)cc4)ccc3c3ccccc23)CC1. The molecule has 0 aliphatic heterocycles. The summed E-state index contributed by atoms with van der Waals surface area (Å²) in [4.78, 5) is 2.56. The van der Waals surface area contributed by atoms with Crippen LogP contribution in [0, 0.1) is 0 Å². The highest BCUT2D eigenvalue weighted by atomic mass is 32.1. The number of nitrogens with zero attached hydrogens (tertiary/aromatic N) is 1. The van der Waals surface area contributed by atoms with Gasteiger partial charge in [0, 0.05) is 26.3 Å². The number of rotatable bonds is 7. The Kier molecular flexibility index (Phi) is 9.46. The minimum absolute atomic E-state index is 0.452. The molecule has 2 heteroatoms. The Bertz CT molecular complexity index is 3880. The van der Waals surface area contributed by atoms with Gasteiger partial charge in [0.1, 0.15) is 0 Å². The molecular formula is C67H49NS. The van der Waals surface area contributed by atoms with Crippen LogP contribution >= 0.6 is 11.3 Å². The monoisotopic (exact) mass is 899 g/mol. The molecule has 14 rings (SSSR count). The Morgan fingerprint density at radius 2 is 1.10 bits per heavy atom. The molecule has 1 aromatic heterocycles. The van der Waals surface area contributed by atoms with E-state index < -0.39 is 5.41 Å². The van der Waals surface area contributed by atoms with Crippen molar-refractivity contribution in [3.63, 3.8) is 0 Å². The average molecular weight is 900 g/mol. The molecule has 0 atom stereocenters. The van der Waals surface area contributed by atoms with E-state index in [9.17, 15) is 0 Å². The standard InChI is InChI=1S/C67H49NS/c1-3-16-47(17-4-1)67(48-18-5-2-6-19-48)63-28-13-11-24-58(63)59-41-39-51(43-64(59)67)68(50-37-32-45(33-38-50)52-26-15-27-61-60-25-12-14-29-65(60)69-66(52)61)49-35-30-44(31-36-49)46-34-40-57-55-22-8-7-20-53(55)54-21-9-10-23-56(54)62(57)42-46/h1-9,11-14,16-22,24-25,27-38,40,42-43H,10,15,23,26,39,41H2. The van der Waals surface area contributed by atoms with E-state index in [2.05, 4.69) is 229 Å². The van der Waals surface area contributed by atoms with Crippen LogP contribution in [0.4, 0.5) is 11.4 Å². The van der Waals surface area contributed by atoms with Crippen molar-refractivity contribution in [2.75, 3.05) is 4.90 Å². The lowest BCUT2D eigenvalue weighted by Gasteiger charge is -2.37. The summed E-state index contributed by atoms with van der Waals surface area (Å²) in [6.45, 7) is 0. The van der Waals surface area contributed by atoms with Crippen LogP contribution in [-0.2, 0) is 11.8 Å².